The van der Waals surface area contributed by atoms with E-state index in [1.807, 2.05) is 6.92 Å². The van der Waals surface area contributed by atoms with Gasteiger partial charge in [0, 0.05) is 6.42 Å². The third-order valence-electron chi connectivity index (χ3n) is 3.30. The quantitative estimate of drug-likeness (QED) is 0.882. The van der Waals surface area contributed by atoms with Crippen LogP contribution in [-0.4, -0.2) is 18.2 Å². The van der Waals surface area contributed by atoms with Crippen molar-refractivity contribution in [2.24, 2.45) is 0 Å². The van der Waals surface area contributed by atoms with E-state index in [0.29, 0.717) is 6.42 Å². The van der Waals surface area contributed by atoms with Crippen molar-refractivity contribution < 1.29 is 14.6 Å². The van der Waals surface area contributed by atoms with Crippen molar-refractivity contribution in [1.29, 1.82) is 0 Å². The Morgan fingerprint density at radius 3 is 2.42 bits per heavy atom. The number of benzene rings is 1. The van der Waals surface area contributed by atoms with Gasteiger partial charge in [0.25, 0.3) is 0 Å². The van der Waals surface area contributed by atoms with Gasteiger partial charge in [-0.25, -0.2) is 0 Å². The van der Waals surface area contributed by atoms with Gasteiger partial charge in [-0.2, -0.15) is 0 Å². The molecule has 0 aliphatic heterocycles. The van der Waals surface area contributed by atoms with Gasteiger partial charge in [0.05, 0.1) is 7.11 Å². The van der Waals surface area contributed by atoms with Crippen LogP contribution in [0.2, 0.25) is 0 Å². The largest absolute Gasteiger partial charge is 0.496 e. The number of carboxylic acids is 1. The molecule has 106 valence electrons. The summed E-state index contributed by atoms with van der Waals surface area (Å²) in [5, 5.41) is 8.71. The summed E-state index contributed by atoms with van der Waals surface area (Å²) < 4.78 is 5.46. The van der Waals surface area contributed by atoms with Crippen LogP contribution >= 0.6 is 0 Å². The van der Waals surface area contributed by atoms with E-state index in [-0.39, 0.29) is 11.8 Å². The number of rotatable bonds is 5. The van der Waals surface area contributed by atoms with Crippen molar-refractivity contribution in [2.75, 3.05) is 7.11 Å². The zero-order chi connectivity index (χ0) is 14.6. The van der Waals surface area contributed by atoms with Crippen molar-refractivity contribution in [3.05, 3.63) is 28.8 Å². The van der Waals surface area contributed by atoms with E-state index >= 15 is 0 Å². The maximum Gasteiger partial charge on any atom is 0.303 e. The van der Waals surface area contributed by atoms with Crippen LogP contribution < -0.4 is 4.74 Å². The Hall–Kier alpha value is -1.51. The molecule has 1 N–H and O–H groups in total. The summed E-state index contributed by atoms with van der Waals surface area (Å²) in [7, 11) is 1.69. The fourth-order valence-corrected chi connectivity index (χ4v) is 2.18. The molecule has 0 aromatic heterocycles. The Labute approximate surface area is 115 Å². The van der Waals surface area contributed by atoms with Gasteiger partial charge >= 0.3 is 5.97 Å². The van der Waals surface area contributed by atoms with Crippen LogP contribution in [0.3, 0.4) is 0 Å². The van der Waals surface area contributed by atoms with Crippen LogP contribution in [0.15, 0.2) is 12.1 Å². The van der Waals surface area contributed by atoms with Gasteiger partial charge in [-0.3, -0.25) is 4.79 Å². The zero-order valence-corrected chi connectivity index (χ0v) is 12.5. The predicted octanol–water partition coefficient (Wildman–Crippen LogP) is 3.71. The third kappa shape index (κ3) is 4.27. The molecule has 3 nitrogen and oxygen atoms in total. The number of hydrogen-bond acceptors (Lipinski definition) is 2. The SMILES string of the molecule is COc1cc(C)c(CCCC(=O)O)cc1C(C)(C)C. The molecule has 0 aliphatic carbocycles. The number of carboxylic acid groups (broad SMARTS) is 1. The van der Waals surface area contributed by atoms with Gasteiger partial charge in [-0.05, 0) is 47.9 Å². The van der Waals surface area contributed by atoms with E-state index in [4.69, 9.17) is 9.84 Å². The second-order valence-corrected chi connectivity index (χ2v) is 5.98. The molecule has 0 atom stereocenters. The molecule has 0 aliphatic rings. The molecular weight excluding hydrogens is 240 g/mol. The minimum absolute atomic E-state index is 0.0145. The van der Waals surface area contributed by atoms with Gasteiger partial charge in [0.15, 0.2) is 0 Å². The molecule has 1 rings (SSSR count). The second kappa shape index (κ2) is 6.09. The van der Waals surface area contributed by atoms with E-state index in [2.05, 4.69) is 32.9 Å². The molecule has 0 unspecified atom stereocenters. The summed E-state index contributed by atoms with van der Waals surface area (Å²) in [5.74, 6) is 0.175. The molecule has 0 amide bonds. The smallest absolute Gasteiger partial charge is 0.303 e. The molecule has 1 aromatic rings. The van der Waals surface area contributed by atoms with Crippen LogP contribution in [0.25, 0.3) is 0 Å². The van der Waals surface area contributed by atoms with Crippen molar-refractivity contribution in [3.8, 4) is 5.75 Å². The summed E-state index contributed by atoms with van der Waals surface area (Å²) in [6.45, 7) is 8.51. The molecule has 1 aromatic carbocycles. The molecule has 0 spiro atoms. The molecule has 0 heterocycles. The molecule has 3 heteroatoms. The topological polar surface area (TPSA) is 46.5 Å². The molecule has 19 heavy (non-hydrogen) atoms. The molecule has 0 fully saturated rings. The Morgan fingerprint density at radius 1 is 1.32 bits per heavy atom. The number of aryl methyl sites for hydroxylation is 2. The van der Waals surface area contributed by atoms with Crippen molar-refractivity contribution in [1.82, 2.24) is 0 Å². The standard InChI is InChI=1S/C16H24O3/c1-11-9-14(19-5)13(16(2,3)4)10-12(11)7-6-8-15(17)18/h9-10H,6-8H2,1-5H3,(H,17,18). The van der Waals surface area contributed by atoms with E-state index < -0.39 is 5.97 Å². The lowest BCUT2D eigenvalue weighted by Gasteiger charge is -2.24. The van der Waals surface area contributed by atoms with E-state index in [1.165, 1.54) is 11.1 Å². The minimum Gasteiger partial charge on any atom is -0.496 e. The van der Waals surface area contributed by atoms with E-state index in [0.717, 1.165) is 17.7 Å². The summed E-state index contributed by atoms with van der Waals surface area (Å²) in [5.41, 5.74) is 3.56. The highest BCUT2D eigenvalue weighted by Gasteiger charge is 2.20. The highest BCUT2D eigenvalue weighted by molar-refractivity contribution is 5.66. The first-order chi connectivity index (χ1) is 8.75. The highest BCUT2D eigenvalue weighted by Crippen LogP contribution is 2.34. The third-order valence-corrected chi connectivity index (χ3v) is 3.30. The maximum absolute atomic E-state index is 10.6. The first kappa shape index (κ1) is 15.5. The van der Waals surface area contributed by atoms with Crippen molar-refractivity contribution in [3.63, 3.8) is 0 Å². The molecule has 0 radical (unpaired) electrons. The van der Waals surface area contributed by atoms with E-state index in [1.54, 1.807) is 7.11 Å². The number of ether oxygens (including phenoxy) is 1. The highest BCUT2D eigenvalue weighted by atomic mass is 16.5. The fourth-order valence-electron chi connectivity index (χ4n) is 2.18. The van der Waals surface area contributed by atoms with Crippen molar-refractivity contribution in [2.45, 2.75) is 52.4 Å². The lowest BCUT2D eigenvalue weighted by Crippen LogP contribution is -2.14. The summed E-state index contributed by atoms with van der Waals surface area (Å²) in [6, 6.07) is 4.21. The Bertz CT molecular complexity index is 456. The van der Waals surface area contributed by atoms with Gasteiger partial charge in [0.1, 0.15) is 5.75 Å². The first-order valence-electron chi connectivity index (χ1n) is 6.65. The van der Waals surface area contributed by atoms with Gasteiger partial charge in [0.2, 0.25) is 0 Å². The number of methoxy groups -OCH3 is 1. The average Bonchev–Trinajstić information content (AvgIpc) is 2.28. The predicted molar refractivity (Wildman–Crippen MR) is 77.0 cm³/mol. The van der Waals surface area contributed by atoms with Crippen molar-refractivity contribution >= 4 is 5.97 Å². The number of carbonyl (C=O) groups is 1. The Balaban J connectivity index is 3.03. The lowest BCUT2D eigenvalue weighted by molar-refractivity contribution is -0.137. The summed E-state index contributed by atoms with van der Waals surface area (Å²) >= 11 is 0. The Kier molecular flexibility index (Phi) is 4.98. The normalized spacial score (nSPS) is 11.4. The van der Waals surface area contributed by atoms with Crippen LogP contribution in [0.1, 0.15) is 50.3 Å². The number of hydrogen-bond donors (Lipinski definition) is 1. The van der Waals surface area contributed by atoms with Crippen LogP contribution in [0, 0.1) is 6.92 Å². The van der Waals surface area contributed by atoms with Crippen LogP contribution in [0.4, 0.5) is 0 Å². The number of aliphatic carboxylic acids is 1. The summed E-state index contributed by atoms with van der Waals surface area (Å²) in [4.78, 5) is 10.6. The molecule has 0 saturated carbocycles. The molecule has 0 bridgehead atoms. The average molecular weight is 264 g/mol. The van der Waals surface area contributed by atoms with E-state index in [9.17, 15) is 4.79 Å². The van der Waals surface area contributed by atoms with Gasteiger partial charge in [-0.15, -0.1) is 0 Å². The second-order valence-electron chi connectivity index (χ2n) is 5.98. The van der Waals surface area contributed by atoms with Crippen LogP contribution in [-0.2, 0) is 16.6 Å². The molecule has 0 saturated heterocycles. The zero-order valence-electron chi connectivity index (χ0n) is 12.5. The van der Waals surface area contributed by atoms with Gasteiger partial charge < -0.3 is 9.84 Å². The van der Waals surface area contributed by atoms with Crippen LogP contribution in [0.5, 0.6) is 5.75 Å². The maximum atomic E-state index is 10.6. The monoisotopic (exact) mass is 264 g/mol. The Morgan fingerprint density at radius 2 is 1.95 bits per heavy atom. The molecular formula is C16H24O3. The minimum atomic E-state index is -0.734. The fraction of sp³-hybridized carbons (Fsp3) is 0.562. The van der Waals surface area contributed by atoms with Gasteiger partial charge in [-0.1, -0.05) is 26.8 Å². The summed E-state index contributed by atoms with van der Waals surface area (Å²) in [6.07, 6.45) is 1.69. The lowest BCUT2D eigenvalue weighted by atomic mass is 9.83. The first-order valence-corrected chi connectivity index (χ1v) is 6.65.